The minimum absolute atomic E-state index is 0.0319. The SMILES string of the molecule is CN(C)C1(CNc2c(Cl)cccc2[N+](=O)[O-])CCCC1. The van der Waals surface area contributed by atoms with E-state index in [0.717, 1.165) is 12.8 Å². The van der Waals surface area contributed by atoms with Crippen molar-refractivity contribution in [3.63, 3.8) is 0 Å². The van der Waals surface area contributed by atoms with E-state index in [1.807, 2.05) is 0 Å². The standard InChI is InChI=1S/C14H20ClN3O2/c1-17(2)14(8-3-4-9-14)10-16-13-11(15)6-5-7-12(13)18(19)20/h5-7,16H,3-4,8-10H2,1-2H3. The van der Waals surface area contributed by atoms with E-state index in [9.17, 15) is 10.1 Å². The van der Waals surface area contributed by atoms with Gasteiger partial charge in [0, 0.05) is 18.2 Å². The van der Waals surface area contributed by atoms with Crippen LogP contribution in [0.25, 0.3) is 0 Å². The second-order valence-electron chi connectivity index (χ2n) is 5.57. The van der Waals surface area contributed by atoms with E-state index in [1.54, 1.807) is 12.1 Å². The van der Waals surface area contributed by atoms with Crippen LogP contribution in [-0.4, -0.2) is 36.0 Å². The van der Waals surface area contributed by atoms with E-state index in [-0.39, 0.29) is 11.2 Å². The lowest BCUT2D eigenvalue weighted by Gasteiger charge is -2.36. The molecule has 0 bridgehead atoms. The first-order valence-electron chi connectivity index (χ1n) is 6.80. The van der Waals surface area contributed by atoms with Crippen molar-refractivity contribution in [2.75, 3.05) is 26.0 Å². The highest BCUT2D eigenvalue weighted by atomic mass is 35.5. The Morgan fingerprint density at radius 1 is 1.40 bits per heavy atom. The summed E-state index contributed by atoms with van der Waals surface area (Å²) in [6, 6.07) is 4.75. The maximum atomic E-state index is 11.1. The van der Waals surface area contributed by atoms with Gasteiger partial charge < -0.3 is 10.2 Å². The van der Waals surface area contributed by atoms with Crippen molar-refractivity contribution < 1.29 is 4.92 Å². The van der Waals surface area contributed by atoms with E-state index >= 15 is 0 Å². The molecule has 5 nitrogen and oxygen atoms in total. The van der Waals surface area contributed by atoms with E-state index in [0.29, 0.717) is 17.3 Å². The summed E-state index contributed by atoms with van der Waals surface area (Å²) in [7, 11) is 4.13. The smallest absolute Gasteiger partial charge is 0.293 e. The number of anilines is 1. The van der Waals surface area contributed by atoms with Gasteiger partial charge in [0.15, 0.2) is 0 Å². The third kappa shape index (κ3) is 2.88. The first kappa shape index (κ1) is 15.1. The first-order valence-corrected chi connectivity index (χ1v) is 7.18. The molecule has 20 heavy (non-hydrogen) atoms. The van der Waals surface area contributed by atoms with E-state index < -0.39 is 4.92 Å². The van der Waals surface area contributed by atoms with Gasteiger partial charge in [-0.3, -0.25) is 10.1 Å². The molecule has 2 rings (SSSR count). The number of rotatable bonds is 5. The molecule has 1 aliphatic rings. The molecule has 1 saturated carbocycles. The van der Waals surface area contributed by atoms with Gasteiger partial charge in [-0.1, -0.05) is 30.5 Å². The van der Waals surface area contributed by atoms with Gasteiger partial charge in [-0.2, -0.15) is 0 Å². The fourth-order valence-electron chi connectivity index (χ4n) is 2.91. The third-order valence-electron chi connectivity index (χ3n) is 4.27. The third-order valence-corrected chi connectivity index (χ3v) is 4.58. The lowest BCUT2D eigenvalue weighted by molar-refractivity contribution is -0.384. The van der Waals surface area contributed by atoms with Gasteiger partial charge in [0.2, 0.25) is 0 Å². The van der Waals surface area contributed by atoms with Crippen LogP contribution in [0.2, 0.25) is 5.02 Å². The highest BCUT2D eigenvalue weighted by Gasteiger charge is 2.36. The number of likely N-dealkylation sites (N-methyl/N-ethyl adjacent to an activating group) is 1. The number of halogens is 1. The Bertz CT molecular complexity index is 499. The van der Waals surface area contributed by atoms with Gasteiger partial charge in [0.25, 0.3) is 5.69 Å². The summed E-state index contributed by atoms with van der Waals surface area (Å²) in [6.45, 7) is 0.671. The van der Waals surface area contributed by atoms with Crippen LogP contribution in [0.15, 0.2) is 18.2 Å². The Morgan fingerprint density at radius 3 is 2.60 bits per heavy atom. The molecule has 1 aromatic rings. The molecule has 1 fully saturated rings. The van der Waals surface area contributed by atoms with Gasteiger partial charge in [0.05, 0.1) is 9.95 Å². The van der Waals surface area contributed by atoms with Gasteiger partial charge >= 0.3 is 0 Å². The maximum absolute atomic E-state index is 11.1. The number of hydrogen-bond donors (Lipinski definition) is 1. The van der Waals surface area contributed by atoms with Crippen LogP contribution >= 0.6 is 11.6 Å². The summed E-state index contributed by atoms with van der Waals surface area (Å²) in [6.07, 6.45) is 4.60. The molecule has 1 aromatic carbocycles. The maximum Gasteiger partial charge on any atom is 0.293 e. The molecule has 0 saturated heterocycles. The number of para-hydroxylation sites is 1. The van der Waals surface area contributed by atoms with Gasteiger partial charge in [0.1, 0.15) is 5.69 Å². The molecule has 1 aliphatic carbocycles. The van der Waals surface area contributed by atoms with Crippen LogP contribution in [0.5, 0.6) is 0 Å². The zero-order chi connectivity index (χ0) is 14.8. The molecule has 1 N–H and O–H groups in total. The highest BCUT2D eigenvalue weighted by Crippen LogP contribution is 2.37. The van der Waals surface area contributed by atoms with Crippen LogP contribution in [-0.2, 0) is 0 Å². The Kier molecular flexibility index (Phi) is 4.50. The Labute approximate surface area is 124 Å². The van der Waals surface area contributed by atoms with Crippen LogP contribution < -0.4 is 5.32 Å². The molecule has 0 unspecified atom stereocenters. The van der Waals surface area contributed by atoms with Crippen molar-refractivity contribution in [3.05, 3.63) is 33.3 Å². The lowest BCUT2D eigenvalue weighted by Crippen LogP contribution is -2.47. The second kappa shape index (κ2) is 5.97. The first-order chi connectivity index (χ1) is 9.46. The molecule has 0 atom stereocenters. The molecule has 0 heterocycles. The second-order valence-corrected chi connectivity index (χ2v) is 5.98. The molecule has 6 heteroatoms. The number of benzene rings is 1. The van der Waals surface area contributed by atoms with Crippen LogP contribution in [0.4, 0.5) is 11.4 Å². The lowest BCUT2D eigenvalue weighted by atomic mass is 9.96. The Balaban J connectivity index is 2.20. The zero-order valence-corrected chi connectivity index (χ0v) is 12.6. The zero-order valence-electron chi connectivity index (χ0n) is 11.9. The topological polar surface area (TPSA) is 58.4 Å². The van der Waals surface area contributed by atoms with Crippen LogP contribution in [0.3, 0.4) is 0 Å². The number of nitro benzene ring substituents is 1. The van der Waals surface area contributed by atoms with Crippen molar-refractivity contribution in [1.29, 1.82) is 0 Å². The fraction of sp³-hybridized carbons (Fsp3) is 0.571. The minimum Gasteiger partial charge on any atom is -0.376 e. The van der Waals surface area contributed by atoms with Crippen molar-refractivity contribution in [3.8, 4) is 0 Å². The van der Waals surface area contributed by atoms with E-state index in [4.69, 9.17) is 11.6 Å². The number of nitrogens with zero attached hydrogens (tertiary/aromatic N) is 2. The Hall–Kier alpha value is -1.33. The fourth-order valence-corrected chi connectivity index (χ4v) is 3.14. The average Bonchev–Trinajstić information content (AvgIpc) is 2.87. The number of nitro groups is 1. The predicted octanol–water partition coefficient (Wildman–Crippen LogP) is 3.53. The monoisotopic (exact) mass is 297 g/mol. The summed E-state index contributed by atoms with van der Waals surface area (Å²) in [5, 5.41) is 14.7. The van der Waals surface area contributed by atoms with Gasteiger partial charge in [-0.05, 0) is 33.0 Å². The molecule has 0 aromatic heterocycles. The number of hydrogen-bond acceptors (Lipinski definition) is 4. The van der Waals surface area contributed by atoms with Crippen molar-refractivity contribution >= 4 is 23.0 Å². The average molecular weight is 298 g/mol. The van der Waals surface area contributed by atoms with Crippen molar-refractivity contribution in [2.45, 2.75) is 31.2 Å². The summed E-state index contributed by atoms with van der Waals surface area (Å²) < 4.78 is 0. The molecule has 0 aliphatic heterocycles. The van der Waals surface area contributed by atoms with Crippen LogP contribution in [0.1, 0.15) is 25.7 Å². The van der Waals surface area contributed by atoms with Crippen molar-refractivity contribution in [2.24, 2.45) is 0 Å². The summed E-state index contributed by atoms with van der Waals surface area (Å²) in [4.78, 5) is 12.9. The van der Waals surface area contributed by atoms with Crippen molar-refractivity contribution in [1.82, 2.24) is 4.90 Å². The highest BCUT2D eigenvalue weighted by molar-refractivity contribution is 6.33. The summed E-state index contributed by atoms with van der Waals surface area (Å²) >= 11 is 6.10. The van der Waals surface area contributed by atoms with Gasteiger partial charge in [-0.15, -0.1) is 0 Å². The molecule has 0 radical (unpaired) electrons. The Morgan fingerprint density at radius 2 is 2.05 bits per heavy atom. The molecular weight excluding hydrogens is 278 g/mol. The normalized spacial score (nSPS) is 17.4. The molecule has 0 spiro atoms. The minimum atomic E-state index is -0.398. The summed E-state index contributed by atoms with van der Waals surface area (Å²) in [5.41, 5.74) is 0.518. The molecular formula is C14H20ClN3O2. The molecule has 0 amide bonds. The summed E-state index contributed by atoms with van der Waals surface area (Å²) in [5.74, 6) is 0. The molecule has 110 valence electrons. The predicted molar refractivity (Wildman–Crippen MR) is 81.5 cm³/mol. The van der Waals surface area contributed by atoms with E-state index in [2.05, 4.69) is 24.3 Å². The van der Waals surface area contributed by atoms with Gasteiger partial charge in [-0.25, -0.2) is 0 Å². The van der Waals surface area contributed by atoms with Crippen LogP contribution in [0, 0.1) is 10.1 Å². The van der Waals surface area contributed by atoms with E-state index in [1.165, 1.54) is 18.9 Å². The quantitative estimate of drug-likeness (QED) is 0.667. The largest absolute Gasteiger partial charge is 0.376 e. The number of nitrogens with one attached hydrogen (secondary N) is 1.